The molecule has 1 aromatic heterocycles. The molecule has 2 heterocycles. The number of fused-ring (bicyclic) bond motifs is 1. The van der Waals surface area contributed by atoms with E-state index in [0.29, 0.717) is 6.54 Å². The van der Waals surface area contributed by atoms with Gasteiger partial charge in [0.25, 0.3) is 0 Å². The monoisotopic (exact) mass is 152 g/mol. The van der Waals surface area contributed by atoms with Crippen LogP contribution in [0.5, 0.6) is 0 Å². The van der Waals surface area contributed by atoms with Gasteiger partial charge in [0.05, 0.1) is 6.54 Å². The average Bonchev–Trinajstić information content (AvgIpc) is 2.36. The van der Waals surface area contributed by atoms with Crippen LogP contribution in [0.3, 0.4) is 0 Å². The number of hydrogen-bond acceptors (Lipinski definition) is 3. The van der Waals surface area contributed by atoms with Crippen LogP contribution in [0.15, 0.2) is 6.07 Å². The molecule has 0 bridgehead atoms. The van der Waals surface area contributed by atoms with Crippen LogP contribution in [-0.2, 0) is 6.54 Å². The first-order valence-electron chi connectivity index (χ1n) is 3.10. The molecule has 1 aliphatic heterocycles. The second-order valence-electron chi connectivity index (χ2n) is 2.23. The van der Waals surface area contributed by atoms with E-state index in [0.717, 1.165) is 17.0 Å². The second-order valence-corrected chi connectivity index (χ2v) is 3.16. The van der Waals surface area contributed by atoms with Crippen molar-refractivity contribution in [3.05, 3.63) is 21.9 Å². The molecule has 1 aliphatic rings. The van der Waals surface area contributed by atoms with Crippen molar-refractivity contribution in [1.82, 2.24) is 5.32 Å². The van der Waals surface area contributed by atoms with E-state index in [2.05, 4.69) is 10.7 Å². The Hall–Kier alpha value is -0.670. The summed E-state index contributed by atoms with van der Waals surface area (Å²) in [6, 6.07) is 1.78. The Kier molecular flexibility index (Phi) is 1.32. The van der Waals surface area contributed by atoms with E-state index in [-0.39, 0.29) is 5.78 Å². The van der Waals surface area contributed by atoms with Crippen LogP contribution in [0, 0.1) is 5.38 Å². The lowest BCUT2D eigenvalue weighted by Gasteiger charge is -2.09. The van der Waals surface area contributed by atoms with Crippen LogP contribution >= 0.6 is 11.3 Å². The van der Waals surface area contributed by atoms with Crippen LogP contribution in [0.4, 0.5) is 0 Å². The molecule has 0 spiro atoms. The molecular formula is C7H6NOS. The molecule has 0 fully saturated rings. The van der Waals surface area contributed by atoms with Crippen molar-refractivity contribution < 1.29 is 4.79 Å². The molecule has 0 unspecified atom stereocenters. The molecule has 0 aliphatic carbocycles. The highest BCUT2D eigenvalue weighted by Gasteiger charge is 2.16. The van der Waals surface area contributed by atoms with Crippen LogP contribution in [0.1, 0.15) is 15.2 Å². The van der Waals surface area contributed by atoms with Crippen molar-refractivity contribution in [1.29, 1.82) is 0 Å². The summed E-state index contributed by atoms with van der Waals surface area (Å²) < 4.78 is 0. The van der Waals surface area contributed by atoms with Gasteiger partial charge in [-0.15, -0.1) is 11.3 Å². The Morgan fingerprint density at radius 2 is 2.50 bits per heavy atom. The molecule has 0 amide bonds. The van der Waals surface area contributed by atoms with Gasteiger partial charge in [0.1, 0.15) is 0 Å². The first-order valence-corrected chi connectivity index (χ1v) is 3.92. The van der Waals surface area contributed by atoms with Gasteiger partial charge < -0.3 is 5.32 Å². The van der Waals surface area contributed by atoms with E-state index in [1.807, 2.05) is 0 Å². The van der Waals surface area contributed by atoms with Crippen LogP contribution in [-0.4, -0.2) is 12.3 Å². The quantitative estimate of drug-likeness (QED) is 0.596. The highest BCUT2D eigenvalue weighted by Crippen LogP contribution is 2.18. The van der Waals surface area contributed by atoms with Gasteiger partial charge in [0, 0.05) is 22.4 Å². The maximum Gasteiger partial charge on any atom is 0.177 e. The van der Waals surface area contributed by atoms with Crippen molar-refractivity contribution in [3.8, 4) is 0 Å². The minimum Gasteiger partial charge on any atom is -0.305 e. The number of rotatable bonds is 0. The molecule has 0 atom stereocenters. The first-order chi connectivity index (χ1) is 4.88. The maximum atomic E-state index is 11.1. The Morgan fingerprint density at radius 1 is 1.60 bits per heavy atom. The minimum atomic E-state index is 0.193. The lowest BCUT2D eigenvalue weighted by atomic mass is 10.1. The Labute approximate surface area is 62.9 Å². The van der Waals surface area contributed by atoms with E-state index in [1.54, 1.807) is 6.07 Å². The zero-order chi connectivity index (χ0) is 6.97. The molecular weight excluding hydrogens is 146 g/mol. The number of thiophene rings is 1. The van der Waals surface area contributed by atoms with E-state index in [1.165, 1.54) is 11.3 Å². The fourth-order valence-electron chi connectivity index (χ4n) is 1.05. The molecule has 51 valence electrons. The highest BCUT2D eigenvalue weighted by molar-refractivity contribution is 7.09. The summed E-state index contributed by atoms with van der Waals surface area (Å²) in [4.78, 5) is 12.2. The smallest absolute Gasteiger partial charge is 0.177 e. The van der Waals surface area contributed by atoms with Crippen molar-refractivity contribution in [2.45, 2.75) is 6.54 Å². The number of nitrogens with one attached hydrogen (secondary N) is 1. The van der Waals surface area contributed by atoms with Gasteiger partial charge in [-0.1, -0.05) is 0 Å². The zero-order valence-corrected chi connectivity index (χ0v) is 6.12. The average molecular weight is 152 g/mol. The molecule has 1 aromatic rings. The molecule has 10 heavy (non-hydrogen) atoms. The van der Waals surface area contributed by atoms with E-state index in [9.17, 15) is 4.79 Å². The predicted octanol–water partition coefficient (Wildman–Crippen LogP) is 0.834. The molecule has 1 radical (unpaired) electrons. The summed E-state index contributed by atoms with van der Waals surface area (Å²) in [6.45, 7) is 1.31. The van der Waals surface area contributed by atoms with Crippen molar-refractivity contribution in [2.24, 2.45) is 0 Å². The van der Waals surface area contributed by atoms with Gasteiger partial charge in [-0.05, 0) is 6.07 Å². The van der Waals surface area contributed by atoms with Crippen LogP contribution in [0.25, 0.3) is 0 Å². The number of carbonyl (C=O) groups is 1. The van der Waals surface area contributed by atoms with E-state index in [4.69, 9.17) is 0 Å². The lowest BCUT2D eigenvalue weighted by Crippen LogP contribution is -2.28. The van der Waals surface area contributed by atoms with Gasteiger partial charge in [0.2, 0.25) is 0 Å². The molecule has 0 saturated heterocycles. The number of hydrogen-bond donors (Lipinski definition) is 1. The summed E-state index contributed by atoms with van der Waals surface area (Å²) in [6.07, 6.45) is 0. The van der Waals surface area contributed by atoms with Crippen molar-refractivity contribution in [3.63, 3.8) is 0 Å². The van der Waals surface area contributed by atoms with Gasteiger partial charge >= 0.3 is 0 Å². The van der Waals surface area contributed by atoms with Gasteiger partial charge in [0.15, 0.2) is 5.78 Å². The summed E-state index contributed by atoms with van der Waals surface area (Å²) >= 11 is 1.52. The third-order valence-electron chi connectivity index (χ3n) is 1.56. The third-order valence-corrected chi connectivity index (χ3v) is 2.40. The Balaban J connectivity index is 2.50. The molecule has 2 rings (SSSR count). The normalized spacial score (nSPS) is 17.0. The number of Topliss-reactive ketones (excluding diaryl/α,β-unsaturated/α-hetero) is 1. The van der Waals surface area contributed by atoms with Crippen molar-refractivity contribution in [2.75, 3.05) is 6.54 Å². The zero-order valence-electron chi connectivity index (χ0n) is 5.31. The summed E-state index contributed by atoms with van der Waals surface area (Å²) in [5, 5.41) is 5.97. The minimum absolute atomic E-state index is 0.193. The Morgan fingerprint density at radius 3 is 3.30 bits per heavy atom. The summed E-state index contributed by atoms with van der Waals surface area (Å²) in [5.74, 6) is 0.193. The molecule has 1 N–H and O–H groups in total. The summed E-state index contributed by atoms with van der Waals surface area (Å²) in [5.41, 5.74) is 0.865. The third kappa shape index (κ3) is 0.786. The topological polar surface area (TPSA) is 29.1 Å². The molecule has 0 saturated carbocycles. The van der Waals surface area contributed by atoms with Crippen LogP contribution < -0.4 is 5.32 Å². The fourth-order valence-corrected chi connectivity index (χ4v) is 1.82. The maximum absolute atomic E-state index is 11.1. The highest BCUT2D eigenvalue weighted by atomic mass is 32.1. The van der Waals surface area contributed by atoms with E-state index < -0.39 is 0 Å². The number of ketones is 1. The fraction of sp³-hybridized carbons (Fsp3) is 0.286. The largest absolute Gasteiger partial charge is 0.305 e. The lowest BCUT2D eigenvalue weighted by molar-refractivity contribution is 0.0983. The second kappa shape index (κ2) is 2.18. The van der Waals surface area contributed by atoms with Gasteiger partial charge in [-0.25, -0.2) is 0 Å². The predicted molar refractivity (Wildman–Crippen MR) is 39.2 cm³/mol. The van der Waals surface area contributed by atoms with Gasteiger partial charge in [-0.3, -0.25) is 4.79 Å². The van der Waals surface area contributed by atoms with Crippen LogP contribution in [0.2, 0.25) is 0 Å². The van der Waals surface area contributed by atoms with Gasteiger partial charge in [-0.2, -0.15) is 0 Å². The number of carbonyl (C=O) groups excluding carboxylic acids is 1. The molecule has 3 heteroatoms. The summed E-state index contributed by atoms with van der Waals surface area (Å²) in [7, 11) is 0. The van der Waals surface area contributed by atoms with Crippen molar-refractivity contribution >= 4 is 17.1 Å². The SMILES string of the molecule is O=C1CNCc2s[c]cc21. The first kappa shape index (κ1) is 6.07. The Bertz CT molecular complexity index is 266. The standard InChI is InChI=1S/C7H6NOS/c9-6-3-8-4-7-5(6)1-2-10-7/h1,8H,3-4H2. The molecule has 0 aromatic carbocycles. The molecule has 2 nitrogen and oxygen atoms in total. The van der Waals surface area contributed by atoms with E-state index >= 15 is 0 Å².